The Morgan fingerprint density at radius 2 is 1.80 bits per heavy atom. The van der Waals surface area contributed by atoms with Crippen LogP contribution in [0.5, 0.6) is 0 Å². The van der Waals surface area contributed by atoms with Crippen LogP contribution < -0.4 is 10.6 Å². The van der Waals surface area contributed by atoms with Gasteiger partial charge in [0.05, 0.1) is 5.52 Å². The number of likely N-dealkylation sites (tertiary alicyclic amines) is 1. The summed E-state index contributed by atoms with van der Waals surface area (Å²) in [7, 11) is 0. The number of carbonyl (C=O) groups excluding carboxylic acids is 3. The topological polar surface area (TPSA) is 107 Å². The van der Waals surface area contributed by atoms with E-state index in [1.807, 2.05) is 41.3 Å². The fourth-order valence-corrected chi connectivity index (χ4v) is 5.39. The Hall–Kier alpha value is -3.68. The van der Waals surface area contributed by atoms with Crippen molar-refractivity contribution in [2.75, 3.05) is 19.6 Å². The van der Waals surface area contributed by atoms with E-state index in [1.165, 1.54) is 6.92 Å². The van der Waals surface area contributed by atoms with Crippen molar-refractivity contribution >= 4 is 28.6 Å². The third-order valence-corrected chi connectivity index (χ3v) is 7.35. The van der Waals surface area contributed by atoms with Crippen molar-refractivity contribution in [2.24, 2.45) is 5.41 Å². The van der Waals surface area contributed by atoms with E-state index < -0.39 is 0 Å². The van der Waals surface area contributed by atoms with Gasteiger partial charge >= 0.3 is 0 Å². The highest BCUT2D eigenvalue weighted by atomic mass is 16.2. The molecule has 182 valence electrons. The molecule has 0 unspecified atom stereocenters. The van der Waals surface area contributed by atoms with Gasteiger partial charge in [-0.05, 0) is 48.9 Å². The van der Waals surface area contributed by atoms with Gasteiger partial charge in [-0.2, -0.15) is 5.10 Å². The van der Waals surface area contributed by atoms with Gasteiger partial charge in [-0.1, -0.05) is 36.4 Å². The molecule has 1 aliphatic heterocycles. The molecule has 0 bridgehead atoms. The number of hydrogen-bond donors (Lipinski definition) is 3. The molecule has 3 aromatic rings. The van der Waals surface area contributed by atoms with E-state index in [4.69, 9.17) is 0 Å². The van der Waals surface area contributed by atoms with Gasteiger partial charge in [-0.3, -0.25) is 19.5 Å². The van der Waals surface area contributed by atoms with Gasteiger partial charge in [-0.15, -0.1) is 0 Å². The molecule has 0 atom stereocenters. The minimum absolute atomic E-state index is 0.0223. The number of nitrogens with zero attached hydrogens (tertiary/aromatic N) is 2. The van der Waals surface area contributed by atoms with E-state index in [-0.39, 0.29) is 29.2 Å². The molecule has 2 fully saturated rings. The van der Waals surface area contributed by atoms with Crippen LogP contribution in [0.2, 0.25) is 0 Å². The number of benzene rings is 2. The summed E-state index contributed by atoms with van der Waals surface area (Å²) in [5.74, 6) is -0.171. The third kappa shape index (κ3) is 4.92. The van der Waals surface area contributed by atoms with Crippen LogP contribution in [0.4, 0.5) is 0 Å². The van der Waals surface area contributed by atoms with Crippen LogP contribution in [0, 0.1) is 5.41 Å². The number of H-pyrrole nitrogens is 1. The molecule has 2 aromatic carbocycles. The summed E-state index contributed by atoms with van der Waals surface area (Å²) in [6, 6.07) is 16.4. The highest BCUT2D eigenvalue weighted by Crippen LogP contribution is 2.44. The second kappa shape index (κ2) is 9.52. The minimum atomic E-state index is -0.124. The highest BCUT2D eigenvalue weighted by molar-refractivity contribution is 6.05. The molecule has 1 aromatic heterocycles. The van der Waals surface area contributed by atoms with Crippen LogP contribution in [-0.2, 0) is 9.59 Å². The van der Waals surface area contributed by atoms with Gasteiger partial charge in [0, 0.05) is 49.8 Å². The summed E-state index contributed by atoms with van der Waals surface area (Å²) in [6.45, 7) is 3.29. The van der Waals surface area contributed by atoms with Crippen molar-refractivity contribution in [1.29, 1.82) is 0 Å². The van der Waals surface area contributed by atoms with E-state index in [0.29, 0.717) is 18.7 Å². The smallest absolute Gasteiger partial charge is 0.275 e. The second-order valence-electron chi connectivity index (χ2n) is 9.93. The molecule has 5 rings (SSSR count). The van der Waals surface area contributed by atoms with Crippen LogP contribution in [-0.4, -0.2) is 58.5 Å². The normalized spacial score (nSPS) is 17.2. The first kappa shape index (κ1) is 23.1. The van der Waals surface area contributed by atoms with Gasteiger partial charge in [0.25, 0.3) is 5.91 Å². The number of nitrogens with one attached hydrogen (secondary N) is 3. The number of amides is 3. The van der Waals surface area contributed by atoms with Crippen molar-refractivity contribution in [1.82, 2.24) is 25.7 Å². The molecule has 1 saturated carbocycles. The third-order valence-electron chi connectivity index (χ3n) is 7.35. The molecular formula is C27H31N5O3. The summed E-state index contributed by atoms with van der Waals surface area (Å²) in [4.78, 5) is 38.1. The average molecular weight is 474 g/mol. The minimum Gasteiger partial charge on any atom is -0.356 e. The Morgan fingerprint density at radius 1 is 1.06 bits per heavy atom. The second-order valence-corrected chi connectivity index (χ2v) is 9.93. The van der Waals surface area contributed by atoms with Crippen LogP contribution >= 0.6 is 0 Å². The van der Waals surface area contributed by atoms with Crippen LogP contribution in [0.15, 0.2) is 48.5 Å². The van der Waals surface area contributed by atoms with Gasteiger partial charge in [-0.25, -0.2) is 0 Å². The van der Waals surface area contributed by atoms with E-state index in [2.05, 4.69) is 33.0 Å². The van der Waals surface area contributed by atoms with Gasteiger partial charge in [0.15, 0.2) is 5.69 Å². The molecule has 35 heavy (non-hydrogen) atoms. The number of hydrogen-bond acceptors (Lipinski definition) is 4. The average Bonchev–Trinajstić information content (AvgIpc) is 3.26. The zero-order valence-corrected chi connectivity index (χ0v) is 20.0. The van der Waals surface area contributed by atoms with Crippen molar-refractivity contribution in [2.45, 2.75) is 45.1 Å². The summed E-state index contributed by atoms with van der Waals surface area (Å²) in [6.07, 6.45) is 4.13. The molecule has 3 N–H and O–H groups in total. The largest absolute Gasteiger partial charge is 0.356 e. The quantitative estimate of drug-likeness (QED) is 0.511. The Bertz CT molecular complexity index is 1240. The highest BCUT2D eigenvalue weighted by Gasteiger charge is 2.47. The Labute approximate surface area is 204 Å². The standard InChI is InChI=1S/C27H31N5O3/c1-18(33)28-14-11-24(34)29-21-9-12-27(13-10-21)16-32(17-27)26(35)25-22-8-7-20(15-23(22)30-31-25)19-5-3-2-4-6-19/h2-8,15,21H,9-14,16-17H2,1H3,(H,28,33)(H,29,34)(H,30,31). The number of fused-ring (bicyclic) bond motifs is 1. The molecule has 0 radical (unpaired) electrons. The lowest BCUT2D eigenvalue weighted by atomic mass is 9.67. The first-order valence-electron chi connectivity index (χ1n) is 12.3. The van der Waals surface area contributed by atoms with E-state index >= 15 is 0 Å². The van der Waals surface area contributed by atoms with Crippen molar-refractivity contribution in [3.8, 4) is 11.1 Å². The number of carbonyl (C=O) groups is 3. The Morgan fingerprint density at radius 3 is 2.51 bits per heavy atom. The molecule has 1 aliphatic carbocycles. The SMILES string of the molecule is CC(=O)NCCC(=O)NC1CCC2(CC1)CN(C(=O)c1n[nH]c3cc(-c4ccccc4)ccc13)C2. The van der Waals surface area contributed by atoms with Crippen molar-refractivity contribution in [3.05, 3.63) is 54.2 Å². The van der Waals surface area contributed by atoms with Crippen LogP contribution in [0.3, 0.4) is 0 Å². The summed E-state index contributed by atoms with van der Waals surface area (Å²) in [5.41, 5.74) is 3.71. The predicted octanol–water partition coefficient (Wildman–Crippen LogP) is 3.26. The maximum Gasteiger partial charge on any atom is 0.275 e. The maximum atomic E-state index is 13.2. The Balaban J connectivity index is 1.14. The first-order valence-corrected chi connectivity index (χ1v) is 12.3. The van der Waals surface area contributed by atoms with Crippen LogP contribution in [0.25, 0.3) is 22.0 Å². The lowest BCUT2D eigenvalue weighted by molar-refractivity contribution is -0.122. The first-order chi connectivity index (χ1) is 16.9. The lowest BCUT2D eigenvalue weighted by Gasteiger charge is -2.53. The van der Waals surface area contributed by atoms with Crippen LogP contribution in [0.1, 0.15) is 49.5 Å². The van der Waals surface area contributed by atoms with E-state index in [9.17, 15) is 14.4 Å². The lowest BCUT2D eigenvalue weighted by Crippen LogP contribution is -2.60. The summed E-state index contributed by atoms with van der Waals surface area (Å²) in [5, 5.41) is 14.0. The molecule has 3 amide bonds. The fourth-order valence-electron chi connectivity index (χ4n) is 5.39. The molecule has 2 heterocycles. The Kier molecular flexibility index (Phi) is 6.28. The molecule has 1 spiro atoms. The fraction of sp³-hybridized carbons (Fsp3) is 0.407. The van der Waals surface area contributed by atoms with E-state index in [0.717, 1.165) is 60.8 Å². The van der Waals surface area contributed by atoms with E-state index in [1.54, 1.807) is 0 Å². The maximum absolute atomic E-state index is 13.2. The monoisotopic (exact) mass is 473 g/mol. The molecule has 1 saturated heterocycles. The number of aromatic amines is 1. The zero-order chi connectivity index (χ0) is 24.4. The van der Waals surface area contributed by atoms with Crippen molar-refractivity contribution in [3.63, 3.8) is 0 Å². The van der Waals surface area contributed by atoms with Crippen molar-refractivity contribution < 1.29 is 14.4 Å². The van der Waals surface area contributed by atoms with Gasteiger partial charge < -0.3 is 15.5 Å². The molecular weight excluding hydrogens is 442 g/mol. The number of rotatable bonds is 6. The summed E-state index contributed by atoms with van der Waals surface area (Å²) >= 11 is 0. The zero-order valence-electron chi connectivity index (χ0n) is 20.0. The predicted molar refractivity (Wildman–Crippen MR) is 134 cm³/mol. The molecule has 8 heteroatoms. The summed E-state index contributed by atoms with van der Waals surface area (Å²) < 4.78 is 0. The molecule has 8 nitrogen and oxygen atoms in total. The van der Waals surface area contributed by atoms with Gasteiger partial charge in [0.1, 0.15) is 0 Å². The van der Waals surface area contributed by atoms with Gasteiger partial charge in [0.2, 0.25) is 11.8 Å². The number of aromatic nitrogens is 2. The molecule has 2 aliphatic rings.